The molecule has 0 radical (unpaired) electrons. The Labute approximate surface area is 214 Å². The Bertz CT molecular complexity index is 1180. The molecule has 2 aromatic carbocycles. The van der Waals surface area contributed by atoms with E-state index in [1.165, 1.54) is 11.3 Å². The fourth-order valence-electron chi connectivity index (χ4n) is 3.97. The van der Waals surface area contributed by atoms with Crippen LogP contribution >= 0.6 is 36.2 Å². The van der Waals surface area contributed by atoms with Gasteiger partial charge in [0.1, 0.15) is 17.7 Å². The summed E-state index contributed by atoms with van der Waals surface area (Å²) >= 11 is 1.46. The zero-order valence-corrected chi connectivity index (χ0v) is 21.1. The van der Waals surface area contributed by atoms with Gasteiger partial charge in [0.2, 0.25) is 0 Å². The molecule has 0 amide bonds. The average molecular weight is 523 g/mol. The third-order valence-electron chi connectivity index (χ3n) is 5.77. The number of hydrogen-bond acceptors (Lipinski definition) is 5. The fraction of sp³-hybridized carbons (Fsp3) is 0.292. The minimum atomic E-state index is -0.864. The van der Waals surface area contributed by atoms with Crippen molar-refractivity contribution in [2.45, 2.75) is 31.8 Å². The normalized spacial score (nSPS) is 15.8. The maximum absolute atomic E-state index is 12.0. The highest BCUT2D eigenvalue weighted by Crippen LogP contribution is 2.34. The van der Waals surface area contributed by atoms with Crippen LogP contribution in [0.15, 0.2) is 48.5 Å². The molecular formula is C24H28Cl2N4O3S. The highest BCUT2D eigenvalue weighted by atomic mass is 35.5. The predicted octanol–water partition coefficient (Wildman–Crippen LogP) is 4.89. The number of likely N-dealkylation sites (tertiary alicyclic amines) is 1. The van der Waals surface area contributed by atoms with Crippen LogP contribution in [0.5, 0.6) is 5.75 Å². The molecule has 1 saturated heterocycles. The SMILES string of the molecule is CC(=N)N1CC[C@H](Oc2ccc(CC(C(=O)O)c3cc4cc(C(=N)N)ccc4s3)cc2)C1.Cl.Cl. The van der Waals surface area contributed by atoms with E-state index in [-0.39, 0.29) is 36.8 Å². The van der Waals surface area contributed by atoms with Crippen LogP contribution in [-0.2, 0) is 11.2 Å². The number of amidine groups is 2. The van der Waals surface area contributed by atoms with E-state index in [2.05, 4.69) is 0 Å². The molecule has 5 N–H and O–H groups in total. The minimum Gasteiger partial charge on any atom is -0.489 e. The van der Waals surface area contributed by atoms with E-state index in [1.54, 1.807) is 13.0 Å². The molecule has 3 aromatic rings. The van der Waals surface area contributed by atoms with Gasteiger partial charge in [0.25, 0.3) is 0 Å². The standard InChI is InChI=1S/C24H26N4O3S.2ClH/c1-14(25)28-9-8-19(13-28)31-18-5-2-15(3-6-18)10-20(24(29)30)22-12-17-11-16(23(26)27)4-7-21(17)32-22;;/h2-7,11-12,19-20,25H,8-10,13H2,1H3,(H3,26,27)(H,29,30);2*1H/t19-,20?;;/m0../s1. The van der Waals surface area contributed by atoms with Crippen molar-refractivity contribution in [3.8, 4) is 5.75 Å². The van der Waals surface area contributed by atoms with Crippen molar-refractivity contribution >= 4 is 63.9 Å². The number of carboxylic acids is 1. The van der Waals surface area contributed by atoms with Gasteiger partial charge in [-0.25, -0.2) is 0 Å². The van der Waals surface area contributed by atoms with Crippen LogP contribution in [0.2, 0.25) is 0 Å². The molecule has 1 fully saturated rings. The van der Waals surface area contributed by atoms with Crippen LogP contribution in [0.1, 0.15) is 35.3 Å². The van der Waals surface area contributed by atoms with E-state index >= 15 is 0 Å². The number of nitrogens with one attached hydrogen (secondary N) is 2. The van der Waals surface area contributed by atoms with E-state index in [1.807, 2.05) is 47.4 Å². The number of thiophene rings is 1. The second kappa shape index (κ2) is 11.6. The van der Waals surface area contributed by atoms with Crippen LogP contribution < -0.4 is 10.5 Å². The Kier molecular flexibility index (Phi) is 9.32. The van der Waals surface area contributed by atoms with Crippen LogP contribution in [0, 0.1) is 10.8 Å². The Morgan fingerprint density at radius 2 is 1.91 bits per heavy atom. The maximum atomic E-state index is 12.0. The highest BCUT2D eigenvalue weighted by Gasteiger charge is 2.25. The number of hydrogen-bond donors (Lipinski definition) is 4. The van der Waals surface area contributed by atoms with Crippen molar-refractivity contribution in [3.63, 3.8) is 0 Å². The summed E-state index contributed by atoms with van der Waals surface area (Å²) in [4.78, 5) is 14.8. The van der Waals surface area contributed by atoms with Gasteiger partial charge in [0, 0.05) is 28.1 Å². The number of nitrogens with two attached hydrogens (primary N) is 1. The summed E-state index contributed by atoms with van der Waals surface area (Å²) in [6.45, 7) is 3.34. The third kappa shape index (κ3) is 6.20. The van der Waals surface area contributed by atoms with Crippen molar-refractivity contribution in [1.29, 1.82) is 10.8 Å². The van der Waals surface area contributed by atoms with Gasteiger partial charge in [-0.3, -0.25) is 15.6 Å². The largest absolute Gasteiger partial charge is 0.489 e. The van der Waals surface area contributed by atoms with E-state index in [0.29, 0.717) is 17.8 Å². The van der Waals surface area contributed by atoms with Gasteiger partial charge in [-0.05, 0) is 60.7 Å². The number of benzene rings is 2. The van der Waals surface area contributed by atoms with Crippen molar-refractivity contribution in [3.05, 3.63) is 64.5 Å². The van der Waals surface area contributed by atoms with Gasteiger partial charge < -0.3 is 20.5 Å². The summed E-state index contributed by atoms with van der Waals surface area (Å²) in [5.74, 6) is -0.204. The van der Waals surface area contributed by atoms with Gasteiger partial charge in [-0.15, -0.1) is 36.2 Å². The second-order valence-corrected chi connectivity index (χ2v) is 9.23. The van der Waals surface area contributed by atoms with E-state index < -0.39 is 11.9 Å². The van der Waals surface area contributed by atoms with Gasteiger partial charge in [0.15, 0.2) is 0 Å². The number of fused-ring (bicyclic) bond motifs is 1. The van der Waals surface area contributed by atoms with E-state index in [4.69, 9.17) is 21.3 Å². The summed E-state index contributed by atoms with van der Waals surface area (Å²) < 4.78 is 7.02. The van der Waals surface area contributed by atoms with Crippen LogP contribution in [0.4, 0.5) is 0 Å². The van der Waals surface area contributed by atoms with Gasteiger partial charge in [-0.1, -0.05) is 12.1 Å². The summed E-state index contributed by atoms with van der Waals surface area (Å²) in [5, 5.41) is 26.1. The molecule has 4 rings (SSSR count). The van der Waals surface area contributed by atoms with Gasteiger partial charge >= 0.3 is 5.97 Å². The number of ether oxygens (including phenoxy) is 1. The number of nitrogens with zero attached hydrogens (tertiary/aromatic N) is 1. The Balaban J connectivity index is 0.00000204. The van der Waals surface area contributed by atoms with Crippen LogP contribution in [0.25, 0.3) is 10.1 Å². The fourth-order valence-corrected chi connectivity index (χ4v) is 5.11. The summed E-state index contributed by atoms with van der Waals surface area (Å²) in [7, 11) is 0. The molecule has 7 nitrogen and oxygen atoms in total. The molecule has 0 spiro atoms. The molecule has 0 bridgehead atoms. The first-order chi connectivity index (χ1) is 15.3. The van der Waals surface area contributed by atoms with Crippen molar-refractivity contribution in [2.75, 3.05) is 13.1 Å². The zero-order chi connectivity index (χ0) is 22.8. The lowest BCUT2D eigenvalue weighted by molar-refractivity contribution is -0.138. The molecule has 0 aliphatic carbocycles. The van der Waals surface area contributed by atoms with Crippen molar-refractivity contribution in [1.82, 2.24) is 4.90 Å². The Hall–Kier alpha value is -2.81. The first-order valence-corrected chi connectivity index (χ1v) is 11.3. The van der Waals surface area contributed by atoms with Crippen LogP contribution in [0.3, 0.4) is 0 Å². The first kappa shape index (κ1) is 27.4. The minimum absolute atomic E-state index is 0. The lowest BCUT2D eigenvalue weighted by atomic mass is 9.97. The summed E-state index contributed by atoms with van der Waals surface area (Å²) in [6, 6.07) is 15.0. The molecule has 2 heterocycles. The molecule has 10 heteroatoms. The average Bonchev–Trinajstić information content (AvgIpc) is 3.39. The monoisotopic (exact) mass is 522 g/mol. The molecule has 182 valence electrons. The highest BCUT2D eigenvalue weighted by molar-refractivity contribution is 7.19. The second-order valence-electron chi connectivity index (χ2n) is 8.11. The van der Waals surface area contributed by atoms with E-state index in [0.717, 1.165) is 45.8 Å². The molecule has 34 heavy (non-hydrogen) atoms. The zero-order valence-electron chi connectivity index (χ0n) is 18.6. The lowest BCUT2D eigenvalue weighted by Crippen LogP contribution is -2.28. The third-order valence-corrected chi connectivity index (χ3v) is 7.00. The topological polar surface area (TPSA) is 123 Å². The molecule has 2 atom stereocenters. The number of carbonyl (C=O) groups is 1. The number of nitrogen functional groups attached to an aromatic ring is 1. The number of rotatable bonds is 7. The maximum Gasteiger partial charge on any atom is 0.312 e. The molecule has 0 saturated carbocycles. The Morgan fingerprint density at radius 1 is 1.21 bits per heavy atom. The summed E-state index contributed by atoms with van der Waals surface area (Å²) in [6.07, 6.45) is 1.33. The number of aliphatic carboxylic acids is 1. The van der Waals surface area contributed by atoms with Gasteiger partial charge in [0.05, 0.1) is 18.3 Å². The van der Waals surface area contributed by atoms with Crippen LogP contribution in [-0.4, -0.2) is 46.8 Å². The summed E-state index contributed by atoms with van der Waals surface area (Å²) in [5.41, 5.74) is 7.13. The molecule has 1 aromatic heterocycles. The number of carboxylic acid groups (broad SMARTS) is 1. The lowest BCUT2D eigenvalue weighted by Gasteiger charge is -2.17. The van der Waals surface area contributed by atoms with Crippen molar-refractivity contribution in [2.24, 2.45) is 5.73 Å². The van der Waals surface area contributed by atoms with E-state index in [9.17, 15) is 9.90 Å². The molecule has 1 aliphatic heterocycles. The predicted molar refractivity (Wildman–Crippen MR) is 142 cm³/mol. The molecule has 1 aliphatic rings. The van der Waals surface area contributed by atoms with Crippen molar-refractivity contribution < 1.29 is 14.6 Å². The molecule has 1 unspecified atom stereocenters. The van der Waals surface area contributed by atoms with Gasteiger partial charge in [-0.2, -0.15) is 0 Å². The quantitative estimate of drug-likeness (QED) is 0.259. The Morgan fingerprint density at radius 3 is 2.50 bits per heavy atom. The smallest absolute Gasteiger partial charge is 0.312 e. The molecular weight excluding hydrogens is 495 g/mol. The number of halogens is 2. The first-order valence-electron chi connectivity index (χ1n) is 10.5.